The van der Waals surface area contributed by atoms with Crippen LogP contribution >= 0.6 is 0 Å². The molecule has 0 aliphatic rings. The van der Waals surface area contributed by atoms with Gasteiger partial charge in [0.2, 0.25) is 0 Å². The Kier molecular flexibility index (Phi) is 9.17. The summed E-state index contributed by atoms with van der Waals surface area (Å²) in [5.41, 5.74) is 0.322. The highest BCUT2D eigenvalue weighted by atomic mass is 15.0. The monoisotopic (exact) mass is 173 g/mol. The minimum Gasteiger partial charge on any atom is -0.310 e. The summed E-state index contributed by atoms with van der Waals surface area (Å²) in [6, 6.07) is 0.599. The molecule has 1 nitrogen and oxygen atoms in total. The van der Waals surface area contributed by atoms with Crippen molar-refractivity contribution in [1.82, 2.24) is 5.32 Å². The van der Waals surface area contributed by atoms with E-state index in [0.29, 0.717) is 11.6 Å². The van der Waals surface area contributed by atoms with Gasteiger partial charge >= 0.3 is 0 Å². The van der Waals surface area contributed by atoms with E-state index in [1.807, 2.05) is 13.8 Å². The zero-order valence-electron chi connectivity index (χ0n) is 9.99. The van der Waals surface area contributed by atoms with Crippen LogP contribution in [0.5, 0.6) is 0 Å². The molecule has 0 saturated carbocycles. The van der Waals surface area contributed by atoms with Crippen LogP contribution < -0.4 is 5.32 Å². The summed E-state index contributed by atoms with van der Waals surface area (Å²) in [7, 11) is 0. The molecular weight excluding hydrogens is 146 g/mol. The van der Waals surface area contributed by atoms with Crippen LogP contribution in [-0.4, -0.2) is 11.6 Å². The molecule has 0 saturated heterocycles. The van der Waals surface area contributed by atoms with Gasteiger partial charge in [0.05, 0.1) is 0 Å². The predicted octanol–water partition coefficient (Wildman–Crippen LogP) is 3.59. The summed E-state index contributed by atoms with van der Waals surface area (Å²) in [6.45, 7) is 15.1. The number of hydrogen-bond acceptors (Lipinski definition) is 1. The fourth-order valence-electron chi connectivity index (χ4n) is 1.48. The Morgan fingerprint density at radius 3 is 1.83 bits per heavy atom. The van der Waals surface area contributed by atoms with E-state index in [9.17, 15) is 0 Å². The maximum absolute atomic E-state index is 3.52. The lowest BCUT2D eigenvalue weighted by atomic mass is 9.98. The summed E-state index contributed by atoms with van der Waals surface area (Å²) >= 11 is 0. The van der Waals surface area contributed by atoms with Crippen LogP contribution in [0, 0.1) is 0 Å². The lowest BCUT2D eigenvalue weighted by Crippen LogP contribution is -2.43. The van der Waals surface area contributed by atoms with Gasteiger partial charge in [0.15, 0.2) is 0 Å². The zero-order valence-corrected chi connectivity index (χ0v) is 9.99. The average Bonchev–Trinajstić information content (AvgIpc) is 1.88. The second-order valence-corrected chi connectivity index (χ2v) is 3.93. The highest BCUT2D eigenvalue weighted by Crippen LogP contribution is 2.11. The fourth-order valence-corrected chi connectivity index (χ4v) is 1.48. The van der Waals surface area contributed by atoms with E-state index >= 15 is 0 Å². The SMILES string of the molecule is CC.CCCC(C)(C)NC(C)C. The van der Waals surface area contributed by atoms with E-state index < -0.39 is 0 Å². The summed E-state index contributed by atoms with van der Waals surface area (Å²) in [6.07, 6.45) is 2.51. The standard InChI is InChI=1S/C9H21N.C2H6/c1-6-7-9(4,5)10-8(2)3;1-2/h8,10H,6-7H2,1-5H3;1-2H3. The molecule has 0 rings (SSSR count). The van der Waals surface area contributed by atoms with Crippen LogP contribution in [-0.2, 0) is 0 Å². The molecule has 0 spiro atoms. The minimum atomic E-state index is 0.322. The molecule has 0 aliphatic carbocycles. The van der Waals surface area contributed by atoms with E-state index in [1.165, 1.54) is 12.8 Å². The van der Waals surface area contributed by atoms with Crippen LogP contribution in [0.1, 0.15) is 61.3 Å². The maximum atomic E-state index is 3.52. The van der Waals surface area contributed by atoms with Crippen molar-refractivity contribution in [3.63, 3.8) is 0 Å². The molecule has 1 heteroatoms. The van der Waals surface area contributed by atoms with Crippen LogP contribution in [0.25, 0.3) is 0 Å². The topological polar surface area (TPSA) is 12.0 Å². The third-order valence-corrected chi connectivity index (χ3v) is 1.55. The summed E-state index contributed by atoms with van der Waals surface area (Å²) in [5, 5.41) is 3.52. The average molecular weight is 173 g/mol. The molecule has 0 fully saturated rings. The number of hydrogen-bond donors (Lipinski definition) is 1. The molecule has 0 heterocycles. The Morgan fingerprint density at radius 2 is 1.58 bits per heavy atom. The second kappa shape index (κ2) is 7.60. The Labute approximate surface area is 78.9 Å². The molecule has 0 aromatic rings. The third-order valence-electron chi connectivity index (χ3n) is 1.55. The fraction of sp³-hybridized carbons (Fsp3) is 1.00. The molecule has 1 N–H and O–H groups in total. The van der Waals surface area contributed by atoms with Gasteiger partial charge in [-0.15, -0.1) is 0 Å². The van der Waals surface area contributed by atoms with Gasteiger partial charge in [0.25, 0.3) is 0 Å². The quantitative estimate of drug-likeness (QED) is 0.685. The first-order valence-corrected chi connectivity index (χ1v) is 5.25. The lowest BCUT2D eigenvalue weighted by molar-refractivity contribution is 0.330. The van der Waals surface area contributed by atoms with Crippen molar-refractivity contribution >= 4 is 0 Å². The number of nitrogens with one attached hydrogen (secondary N) is 1. The van der Waals surface area contributed by atoms with Gasteiger partial charge in [-0.2, -0.15) is 0 Å². The Bertz CT molecular complexity index is 85.0. The van der Waals surface area contributed by atoms with Crippen molar-refractivity contribution in [2.24, 2.45) is 0 Å². The summed E-state index contributed by atoms with van der Waals surface area (Å²) in [5.74, 6) is 0. The van der Waals surface area contributed by atoms with E-state index in [-0.39, 0.29) is 0 Å². The molecule has 76 valence electrons. The Morgan fingerprint density at radius 1 is 1.17 bits per heavy atom. The molecule has 0 radical (unpaired) electrons. The second-order valence-electron chi connectivity index (χ2n) is 3.93. The van der Waals surface area contributed by atoms with E-state index in [2.05, 4.69) is 39.9 Å². The van der Waals surface area contributed by atoms with E-state index in [1.54, 1.807) is 0 Å². The van der Waals surface area contributed by atoms with Crippen molar-refractivity contribution in [2.75, 3.05) is 0 Å². The lowest BCUT2D eigenvalue weighted by Gasteiger charge is -2.28. The Balaban J connectivity index is 0. The predicted molar refractivity (Wildman–Crippen MR) is 58.6 cm³/mol. The van der Waals surface area contributed by atoms with Crippen LogP contribution in [0.4, 0.5) is 0 Å². The molecule has 12 heavy (non-hydrogen) atoms. The van der Waals surface area contributed by atoms with Crippen molar-refractivity contribution < 1.29 is 0 Å². The highest BCUT2D eigenvalue weighted by Gasteiger charge is 2.15. The Hall–Kier alpha value is -0.0400. The van der Waals surface area contributed by atoms with Crippen LogP contribution in [0.3, 0.4) is 0 Å². The third kappa shape index (κ3) is 9.96. The van der Waals surface area contributed by atoms with Crippen molar-refractivity contribution in [3.05, 3.63) is 0 Å². The molecule has 0 aliphatic heterocycles. The molecule has 0 aromatic heterocycles. The van der Waals surface area contributed by atoms with Crippen LogP contribution in [0.2, 0.25) is 0 Å². The molecule has 0 bridgehead atoms. The van der Waals surface area contributed by atoms with E-state index in [0.717, 1.165) is 0 Å². The number of rotatable bonds is 4. The highest BCUT2D eigenvalue weighted by molar-refractivity contribution is 4.78. The van der Waals surface area contributed by atoms with Gasteiger partial charge in [-0.1, -0.05) is 41.0 Å². The van der Waals surface area contributed by atoms with Gasteiger partial charge in [-0.25, -0.2) is 0 Å². The first kappa shape index (κ1) is 14.5. The smallest absolute Gasteiger partial charge is 0.0127 e. The van der Waals surface area contributed by atoms with Crippen molar-refractivity contribution in [1.29, 1.82) is 0 Å². The largest absolute Gasteiger partial charge is 0.310 e. The molecule has 0 unspecified atom stereocenters. The van der Waals surface area contributed by atoms with Gasteiger partial charge in [0.1, 0.15) is 0 Å². The first-order valence-electron chi connectivity index (χ1n) is 5.25. The van der Waals surface area contributed by atoms with E-state index in [4.69, 9.17) is 0 Å². The molecule has 0 aromatic carbocycles. The van der Waals surface area contributed by atoms with Gasteiger partial charge in [0, 0.05) is 11.6 Å². The molecule has 0 atom stereocenters. The summed E-state index contributed by atoms with van der Waals surface area (Å²) in [4.78, 5) is 0. The first-order chi connectivity index (χ1) is 5.48. The van der Waals surface area contributed by atoms with Gasteiger partial charge < -0.3 is 5.32 Å². The van der Waals surface area contributed by atoms with Crippen molar-refractivity contribution in [2.45, 2.75) is 72.9 Å². The van der Waals surface area contributed by atoms with Crippen LogP contribution in [0.15, 0.2) is 0 Å². The molecular formula is C11H27N. The van der Waals surface area contributed by atoms with Gasteiger partial charge in [-0.3, -0.25) is 0 Å². The normalized spacial score (nSPS) is 11.0. The molecule has 0 amide bonds. The zero-order chi connectivity index (χ0) is 10.2. The van der Waals surface area contributed by atoms with Gasteiger partial charge in [-0.05, 0) is 20.3 Å². The minimum absolute atomic E-state index is 0.322. The van der Waals surface area contributed by atoms with Crippen molar-refractivity contribution in [3.8, 4) is 0 Å². The summed E-state index contributed by atoms with van der Waals surface area (Å²) < 4.78 is 0. The maximum Gasteiger partial charge on any atom is 0.0127 e.